The molecule has 0 aromatic carbocycles. The van der Waals surface area contributed by atoms with E-state index in [1.54, 1.807) is 23.5 Å². The number of hydrogen-bond donors (Lipinski definition) is 4. The van der Waals surface area contributed by atoms with Crippen molar-refractivity contribution in [3.8, 4) is 0 Å². The smallest absolute Gasteiger partial charge is 0.274 e. The predicted octanol–water partition coefficient (Wildman–Crippen LogP) is 3.06. The summed E-state index contributed by atoms with van der Waals surface area (Å²) in [5.74, 6) is 7.18. The van der Waals surface area contributed by atoms with Gasteiger partial charge in [-0.05, 0) is 58.9 Å². The fourth-order valence-electron chi connectivity index (χ4n) is 3.71. The van der Waals surface area contributed by atoms with E-state index in [0.29, 0.717) is 44.2 Å². The lowest BCUT2D eigenvalue weighted by molar-refractivity contribution is -0.404. The molecular weight excluding hydrogens is 596 g/mol. The molecule has 0 aliphatic rings. The molecule has 4 N–H and O–H groups in total. The molecule has 0 amide bonds. The summed E-state index contributed by atoms with van der Waals surface area (Å²) >= 11 is 3.34. The maximum atomic E-state index is 11.0. The molecule has 0 spiro atoms. The highest BCUT2D eigenvalue weighted by molar-refractivity contribution is 7.98. The molecule has 240 valence electrons. The maximum Gasteiger partial charge on any atom is 0.274 e. The van der Waals surface area contributed by atoms with Gasteiger partial charge in [-0.2, -0.15) is 23.5 Å². The molecular formula is C27H44N8O6S2. The van der Waals surface area contributed by atoms with Gasteiger partial charge < -0.3 is 39.9 Å². The number of hydrogen-bond acceptors (Lipinski definition) is 14. The van der Waals surface area contributed by atoms with Gasteiger partial charge in [-0.1, -0.05) is 0 Å². The summed E-state index contributed by atoms with van der Waals surface area (Å²) < 4.78 is 11.6. The Morgan fingerprint density at radius 2 is 1.07 bits per heavy atom. The first kappa shape index (κ1) is 35.9. The van der Waals surface area contributed by atoms with E-state index in [1.165, 1.54) is 0 Å². The van der Waals surface area contributed by atoms with Gasteiger partial charge in [0.05, 0.1) is 34.4 Å². The average molecular weight is 641 g/mol. The van der Waals surface area contributed by atoms with Crippen LogP contribution in [0.5, 0.6) is 0 Å². The first-order valence-electron chi connectivity index (χ1n) is 13.9. The van der Waals surface area contributed by atoms with Crippen molar-refractivity contribution in [1.82, 2.24) is 31.1 Å². The monoisotopic (exact) mass is 640 g/mol. The van der Waals surface area contributed by atoms with Gasteiger partial charge in [0.1, 0.15) is 23.0 Å². The van der Waals surface area contributed by atoms with Crippen LogP contribution in [0.4, 0.5) is 0 Å². The third-order valence-electron chi connectivity index (χ3n) is 5.44. The lowest BCUT2D eigenvalue weighted by Gasteiger charge is -2.13. The van der Waals surface area contributed by atoms with Crippen LogP contribution in [0.3, 0.4) is 0 Å². The van der Waals surface area contributed by atoms with Crippen LogP contribution in [0.25, 0.3) is 0 Å². The van der Waals surface area contributed by atoms with Crippen LogP contribution in [0.2, 0.25) is 0 Å². The molecule has 0 atom stereocenters. The second-order valence-corrected chi connectivity index (χ2v) is 12.2. The Bertz CT molecular complexity index is 1080. The molecule has 2 aromatic heterocycles. The van der Waals surface area contributed by atoms with E-state index in [2.05, 4.69) is 21.3 Å². The fourth-order valence-corrected chi connectivity index (χ4v) is 5.20. The van der Waals surface area contributed by atoms with E-state index >= 15 is 0 Å². The summed E-state index contributed by atoms with van der Waals surface area (Å²) in [6, 6.07) is 7.89. The summed E-state index contributed by atoms with van der Waals surface area (Å²) in [6.07, 6.45) is 2.39. The highest BCUT2D eigenvalue weighted by Crippen LogP contribution is 2.17. The van der Waals surface area contributed by atoms with Crippen LogP contribution >= 0.6 is 23.5 Å². The van der Waals surface area contributed by atoms with E-state index in [1.807, 2.05) is 62.3 Å². The minimum atomic E-state index is -0.510. The van der Waals surface area contributed by atoms with Crippen LogP contribution in [0, 0.1) is 20.2 Å². The third kappa shape index (κ3) is 17.4. The largest absolute Gasteiger partial charge is 0.464 e. The molecule has 0 saturated heterocycles. The summed E-state index contributed by atoms with van der Waals surface area (Å²) in [7, 11) is 7.94. The summed E-state index contributed by atoms with van der Waals surface area (Å²) in [4.78, 5) is 25.1. The zero-order valence-electron chi connectivity index (χ0n) is 25.3. The maximum absolute atomic E-state index is 11.0. The van der Waals surface area contributed by atoms with Crippen molar-refractivity contribution in [3.05, 3.63) is 91.6 Å². The van der Waals surface area contributed by atoms with Crippen molar-refractivity contribution in [3.63, 3.8) is 0 Å². The lowest BCUT2D eigenvalue weighted by Crippen LogP contribution is -2.33. The number of thioether (sulfide) groups is 2. The van der Waals surface area contributed by atoms with Gasteiger partial charge in [0.2, 0.25) is 0 Å². The van der Waals surface area contributed by atoms with Crippen molar-refractivity contribution < 1.29 is 18.7 Å². The second-order valence-electron chi connectivity index (χ2n) is 10.0. The molecule has 0 bridgehead atoms. The van der Waals surface area contributed by atoms with Crippen molar-refractivity contribution >= 4 is 23.5 Å². The molecule has 14 nitrogen and oxygen atoms in total. The van der Waals surface area contributed by atoms with Gasteiger partial charge >= 0.3 is 0 Å². The van der Waals surface area contributed by atoms with E-state index < -0.39 is 9.85 Å². The Kier molecular flexibility index (Phi) is 17.1. The molecule has 0 unspecified atom stereocenters. The number of rotatable bonds is 24. The van der Waals surface area contributed by atoms with Gasteiger partial charge in [0, 0.05) is 37.7 Å². The Morgan fingerprint density at radius 1 is 0.698 bits per heavy atom. The average Bonchev–Trinajstić information content (AvgIpc) is 3.55. The van der Waals surface area contributed by atoms with E-state index in [4.69, 9.17) is 8.83 Å². The van der Waals surface area contributed by atoms with E-state index in [-0.39, 0.29) is 0 Å². The van der Waals surface area contributed by atoms with Crippen LogP contribution in [0.1, 0.15) is 29.5 Å². The summed E-state index contributed by atoms with van der Waals surface area (Å²) in [5, 5.41) is 34.3. The van der Waals surface area contributed by atoms with Crippen molar-refractivity contribution in [2.45, 2.75) is 31.0 Å². The van der Waals surface area contributed by atoms with E-state index in [9.17, 15) is 20.2 Å². The molecule has 0 fully saturated rings. The molecule has 0 saturated carbocycles. The Labute approximate surface area is 261 Å². The zero-order chi connectivity index (χ0) is 31.5. The molecule has 16 heteroatoms. The quantitative estimate of drug-likeness (QED) is 0.0751. The number of nitrogens with zero attached hydrogens (tertiary/aromatic N) is 4. The minimum absolute atomic E-state index is 0.318. The van der Waals surface area contributed by atoms with Gasteiger partial charge in [0.15, 0.2) is 11.6 Å². The molecule has 0 radical (unpaired) electrons. The third-order valence-corrected chi connectivity index (χ3v) is 7.41. The normalized spacial score (nSPS) is 12.1. The summed E-state index contributed by atoms with van der Waals surface area (Å²) in [5.41, 5.74) is 0. The molecule has 2 rings (SSSR count). The topological polar surface area (TPSA) is 167 Å². The van der Waals surface area contributed by atoms with Crippen LogP contribution < -0.4 is 21.3 Å². The lowest BCUT2D eigenvalue weighted by atomic mass is 10.4. The Balaban J connectivity index is 1.62. The van der Waals surface area contributed by atoms with Crippen LogP contribution in [-0.4, -0.2) is 85.5 Å². The highest BCUT2D eigenvalue weighted by atomic mass is 32.2. The SMILES string of the molecule is CN(C)Cc1ccc(CSCCN/C(=C/[N+](=O)[O-])NCCCN/C(=C\[N+](=O)[O-])NCCSCc2ccc(CN(C)C)o2)o1. The molecule has 2 aromatic rings. The van der Waals surface area contributed by atoms with Crippen LogP contribution in [-0.2, 0) is 24.6 Å². The van der Waals surface area contributed by atoms with Crippen molar-refractivity contribution in [2.75, 3.05) is 65.9 Å². The first-order valence-corrected chi connectivity index (χ1v) is 16.2. The van der Waals surface area contributed by atoms with E-state index in [0.717, 1.165) is 71.5 Å². The molecule has 0 aliphatic heterocycles. The van der Waals surface area contributed by atoms with Gasteiger partial charge in [-0.25, -0.2) is 0 Å². The van der Waals surface area contributed by atoms with Gasteiger partial charge in [0.25, 0.3) is 12.4 Å². The van der Waals surface area contributed by atoms with Crippen LogP contribution in [0.15, 0.2) is 57.1 Å². The zero-order valence-corrected chi connectivity index (χ0v) is 26.9. The highest BCUT2D eigenvalue weighted by Gasteiger charge is 2.07. The minimum Gasteiger partial charge on any atom is -0.464 e. The predicted molar refractivity (Wildman–Crippen MR) is 171 cm³/mol. The summed E-state index contributed by atoms with van der Waals surface area (Å²) in [6.45, 7) is 3.45. The first-order chi connectivity index (χ1) is 20.6. The Morgan fingerprint density at radius 3 is 1.44 bits per heavy atom. The van der Waals surface area contributed by atoms with Crippen molar-refractivity contribution in [1.29, 1.82) is 0 Å². The molecule has 43 heavy (non-hydrogen) atoms. The Hall–Kier alpha value is -3.34. The number of furan rings is 2. The van der Waals surface area contributed by atoms with Gasteiger partial charge in [-0.15, -0.1) is 0 Å². The number of nitrogens with one attached hydrogen (secondary N) is 4. The van der Waals surface area contributed by atoms with Crippen molar-refractivity contribution in [2.24, 2.45) is 0 Å². The second kappa shape index (κ2) is 20.5. The fraction of sp³-hybridized carbons (Fsp3) is 0.556. The standard InChI is InChI=1S/C27H44N8O6S2/c1-32(2)16-22-6-8-24(40-22)20-42-14-12-30-26(18-34(36)37)28-10-5-11-29-27(19-35(38)39)31-13-15-43-21-25-9-7-23(41-25)17-33(3)4/h6-9,18-19,28-31H,5,10-17,20-21H2,1-4H3/b26-18+,27-19+. The number of nitro groups is 2. The molecule has 2 heterocycles. The van der Waals surface area contributed by atoms with Gasteiger partial charge in [-0.3, -0.25) is 20.2 Å². The molecule has 0 aliphatic carbocycles.